The van der Waals surface area contributed by atoms with Crippen molar-refractivity contribution in [3.8, 4) is 0 Å². The van der Waals surface area contributed by atoms with Crippen molar-refractivity contribution in [2.45, 2.75) is 53.3 Å². The van der Waals surface area contributed by atoms with Gasteiger partial charge in [0.15, 0.2) is 0 Å². The van der Waals surface area contributed by atoms with Crippen LogP contribution in [-0.4, -0.2) is 47.6 Å². The van der Waals surface area contributed by atoms with E-state index in [1.807, 2.05) is 0 Å². The van der Waals surface area contributed by atoms with Crippen molar-refractivity contribution in [1.29, 1.82) is 0 Å². The lowest BCUT2D eigenvalue weighted by Gasteiger charge is -2.34. The Morgan fingerprint density at radius 3 is 1.00 bits per heavy atom. The minimum absolute atomic E-state index is 0.103. The van der Waals surface area contributed by atoms with Crippen molar-refractivity contribution in [2.75, 3.05) is 6.54 Å². The van der Waals surface area contributed by atoms with Gasteiger partial charge in [0.1, 0.15) is 5.82 Å². The molecule has 15 heteroatoms. The van der Waals surface area contributed by atoms with Gasteiger partial charge in [-0.15, -0.1) is 0 Å². The molecule has 0 heterocycles. The second kappa shape index (κ2) is 14.4. The molecule has 0 N–H and O–H groups in total. The Labute approximate surface area is 299 Å². The Balaban J connectivity index is 1.85. The van der Waals surface area contributed by atoms with Gasteiger partial charge in [-0.1, -0.05) is 90.3 Å². The zero-order chi connectivity index (χ0) is 37.4. The summed E-state index contributed by atoms with van der Waals surface area (Å²) in [5, 5.41) is 0. The minimum atomic E-state index is -5.13. The number of sulfonamides is 4. The van der Waals surface area contributed by atoms with E-state index in [9.17, 15) is 38.1 Å². The lowest BCUT2D eigenvalue weighted by atomic mass is 10.1. The van der Waals surface area contributed by atoms with E-state index >= 15 is 0 Å². The third-order valence-electron chi connectivity index (χ3n) is 8.12. The molecule has 0 bridgehead atoms. The molecule has 0 fully saturated rings. The Morgan fingerprint density at radius 1 is 0.431 bits per heavy atom. The van der Waals surface area contributed by atoms with Crippen LogP contribution in [0, 0.1) is 33.5 Å². The molecule has 0 saturated heterocycles. The van der Waals surface area contributed by atoms with Gasteiger partial charge in [0.2, 0.25) is 0 Å². The highest BCUT2D eigenvalue weighted by Crippen LogP contribution is 2.38. The third-order valence-corrected chi connectivity index (χ3v) is 16.8. The molecule has 5 aromatic rings. The molecule has 0 radical (unpaired) electrons. The minimum Gasteiger partial charge on any atom is -0.207 e. The lowest BCUT2D eigenvalue weighted by Crippen LogP contribution is -2.47. The van der Waals surface area contributed by atoms with Gasteiger partial charge in [-0.3, -0.25) is 0 Å². The molecule has 0 spiro atoms. The number of aryl methyl sites for hydroxylation is 4. The highest BCUT2D eigenvalue weighted by Gasteiger charge is 2.47. The monoisotopic (exact) mass is 770 g/mol. The van der Waals surface area contributed by atoms with E-state index in [0.717, 1.165) is 24.3 Å². The first-order valence-corrected chi connectivity index (χ1v) is 21.2. The molecule has 0 saturated carbocycles. The van der Waals surface area contributed by atoms with Crippen LogP contribution in [0.2, 0.25) is 0 Å². The quantitative estimate of drug-likeness (QED) is 0.145. The molecule has 0 amide bonds. The lowest BCUT2D eigenvalue weighted by molar-refractivity contribution is 0.382. The first kappa shape index (κ1) is 38.0. The van der Waals surface area contributed by atoms with Crippen LogP contribution < -0.4 is 0 Å². The summed E-state index contributed by atoms with van der Waals surface area (Å²) in [5.41, 5.74) is 2.47. The standard InChI is InChI=1S/C36H35FN2O8S4/c1-26-5-17-32(18-6-26)48(40,41)38(49(42,43)33-19-7-27(2)8-20-33)25-36(30-13-15-31(37)16-14-30)39(50(44,45)34-21-9-28(3)10-22-34)51(46,47)35-23-11-29(4)12-24-35/h5-24,36H,25H2,1-4H3. The van der Waals surface area contributed by atoms with Gasteiger partial charge in [-0.25, -0.2) is 38.1 Å². The topological polar surface area (TPSA) is 143 Å². The van der Waals surface area contributed by atoms with E-state index in [2.05, 4.69) is 0 Å². The Bertz CT molecular complexity index is 2320. The maximum absolute atomic E-state index is 14.7. The average molecular weight is 771 g/mol. The van der Waals surface area contributed by atoms with Crippen LogP contribution in [0.15, 0.2) is 141 Å². The van der Waals surface area contributed by atoms with Crippen LogP contribution in [0.5, 0.6) is 0 Å². The molecule has 5 aromatic carbocycles. The molecular formula is C36H35FN2O8S4. The second-order valence-electron chi connectivity index (χ2n) is 12.0. The van der Waals surface area contributed by atoms with Gasteiger partial charge >= 0.3 is 0 Å². The summed E-state index contributed by atoms with van der Waals surface area (Å²) in [4.78, 5) is -1.83. The van der Waals surface area contributed by atoms with Gasteiger partial charge in [0, 0.05) is 0 Å². The number of hydrogen-bond acceptors (Lipinski definition) is 8. The maximum Gasteiger partial charge on any atom is 0.256 e. The number of rotatable bonds is 12. The number of benzene rings is 5. The molecule has 268 valence electrons. The van der Waals surface area contributed by atoms with Crippen LogP contribution >= 0.6 is 0 Å². The van der Waals surface area contributed by atoms with Gasteiger partial charge in [0.25, 0.3) is 40.1 Å². The normalized spacial score (nSPS) is 13.4. The predicted octanol–water partition coefficient (Wildman–Crippen LogP) is 6.26. The highest BCUT2D eigenvalue weighted by atomic mass is 32.3. The fourth-order valence-corrected chi connectivity index (χ4v) is 12.8. The third kappa shape index (κ3) is 7.83. The maximum atomic E-state index is 14.7. The van der Waals surface area contributed by atoms with Crippen LogP contribution in [0.25, 0.3) is 0 Å². The summed E-state index contributed by atoms with van der Waals surface area (Å²) in [6, 6.07) is 23.1. The van der Waals surface area contributed by atoms with E-state index in [0.29, 0.717) is 22.3 Å². The molecule has 1 unspecified atom stereocenters. The van der Waals surface area contributed by atoms with Crippen molar-refractivity contribution >= 4 is 40.1 Å². The summed E-state index contributed by atoms with van der Waals surface area (Å²) < 4.78 is 131. The van der Waals surface area contributed by atoms with Gasteiger partial charge in [-0.2, -0.15) is 0 Å². The Hall–Kier alpha value is -4.25. The summed E-state index contributed by atoms with van der Waals surface area (Å²) >= 11 is 0. The fraction of sp³-hybridized carbons (Fsp3) is 0.167. The average Bonchev–Trinajstić information content (AvgIpc) is 3.07. The summed E-state index contributed by atoms with van der Waals surface area (Å²) in [6.07, 6.45) is 0. The van der Waals surface area contributed by atoms with Crippen LogP contribution in [0.1, 0.15) is 33.9 Å². The Kier molecular flexibility index (Phi) is 10.7. The molecule has 0 aliphatic rings. The molecule has 1 atom stereocenters. The van der Waals surface area contributed by atoms with Crippen molar-refractivity contribution in [3.05, 3.63) is 155 Å². The summed E-state index contributed by atoms with van der Waals surface area (Å²) in [6.45, 7) is 5.54. The van der Waals surface area contributed by atoms with Gasteiger partial charge in [0.05, 0.1) is 32.2 Å². The number of halogens is 1. The number of nitrogens with zero attached hydrogens (tertiary/aromatic N) is 2. The SMILES string of the molecule is Cc1ccc(S(=O)(=O)N(CC(c2ccc(F)cc2)N(S(=O)(=O)c2ccc(C)cc2)S(=O)(=O)c2ccc(C)cc2)S(=O)(=O)c2ccc(C)cc2)cc1. The highest BCUT2D eigenvalue weighted by molar-refractivity contribution is 8.04. The van der Waals surface area contributed by atoms with E-state index in [-0.39, 0.29) is 13.0 Å². The van der Waals surface area contributed by atoms with Gasteiger partial charge < -0.3 is 0 Å². The second-order valence-corrected chi connectivity index (χ2v) is 19.8. The predicted molar refractivity (Wildman–Crippen MR) is 191 cm³/mol. The fourth-order valence-electron chi connectivity index (χ4n) is 5.19. The van der Waals surface area contributed by atoms with Crippen molar-refractivity contribution in [1.82, 2.24) is 7.42 Å². The van der Waals surface area contributed by atoms with Crippen LogP contribution in [0.3, 0.4) is 0 Å². The first-order chi connectivity index (χ1) is 23.8. The number of hydrogen-bond donors (Lipinski definition) is 0. The van der Waals surface area contributed by atoms with E-state index in [1.54, 1.807) is 27.7 Å². The molecular weight excluding hydrogens is 736 g/mol. The molecule has 0 aliphatic heterocycles. The molecule has 5 rings (SSSR count). The van der Waals surface area contributed by atoms with Crippen molar-refractivity contribution in [2.24, 2.45) is 0 Å². The first-order valence-electron chi connectivity index (χ1n) is 15.4. The zero-order valence-corrected chi connectivity index (χ0v) is 31.3. The zero-order valence-electron chi connectivity index (χ0n) is 28.0. The molecule has 51 heavy (non-hydrogen) atoms. The summed E-state index contributed by atoms with van der Waals surface area (Å²) in [7, 11) is -20.4. The van der Waals surface area contributed by atoms with Crippen molar-refractivity contribution < 1.29 is 38.1 Å². The molecule has 10 nitrogen and oxygen atoms in total. The summed E-state index contributed by atoms with van der Waals surface area (Å²) in [5.74, 6) is -0.761. The molecule has 0 aliphatic carbocycles. The van der Waals surface area contributed by atoms with Gasteiger partial charge in [-0.05, 0) is 93.9 Å². The van der Waals surface area contributed by atoms with E-state index < -0.39 is 78.1 Å². The smallest absolute Gasteiger partial charge is 0.207 e. The largest absolute Gasteiger partial charge is 0.256 e. The Morgan fingerprint density at radius 2 is 0.706 bits per heavy atom. The van der Waals surface area contributed by atoms with Crippen molar-refractivity contribution in [3.63, 3.8) is 0 Å². The van der Waals surface area contributed by atoms with E-state index in [4.69, 9.17) is 0 Å². The van der Waals surface area contributed by atoms with E-state index in [1.165, 1.54) is 97.1 Å². The molecule has 0 aromatic heterocycles. The van der Waals surface area contributed by atoms with Crippen LogP contribution in [0.4, 0.5) is 4.39 Å². The van der Waals surface area contributed by atoms with Crippen LogP contribution in [-0.2, 0) is 40.1 Å².